The number of nitrogens with zero attached hydrogens (tertiary/aromatic N) is 4. The van der Waals surface area contributed by atoms with Crippen molar-refractivity contribution >= 4 is 0 Å². The van der Waals surface area contributed by atoms with Crippen LogP contribution in [0, 0.1) is 5.92 Å². The average Bonchev–Trinajstić information content (AvgIpc) is 2.84. The molecular formula is C10H15N5O. The molecule has 0 saturated heterocycles. The summed E-state index contributed by atoms with van der Waals surface area (Å²) in [7, 11) is 1.84. The van der Waals surface area contributed by atoms with Crippen LogP contribution in [0.15, 0.2) is 16.8 Å². The highest BCUT2D eigenvalue weighted by Crippen LogP contribution is 2.20. The zero-order valence-corrected chi connectivity index (χ0v) is 9.58. The molecule has 0 radical (unpaired) electrons. The number of hydrogen-bond donors (Lipinski definition) is 1. The third kappa shape index (κ3) is 1.96. The van der Waals surface area contributed by atoms with Crippen molar-refractivity contribution < 1.29 is 4.52 Å². The number of aryl methyl sites for hydroxylation is 1. The molecule has 0 aliphatic rings. The molecule has 0 amide bonds. The van der Waals surface area contributed by atoms with Crippen LogP contribution in [-0.4, -0.2) is 19.9 Å². The summed E-state index contributed by atoms with van der Waals surface area (Å²) in [4.78, 5) is 4.24. The van der Waals surface area contributed by atoms with Crippen molar-refractivity contribution in [3.05, 3.63) is 18.2 Å². The van der Waals surface area contributed by atoms with Gasteiger partial charge in [-0.2, -0.15) is 10.1 Å². The molecule has 2 aromatic heterocycles. The Balaban J connectivity index is 2.26. The van der Waals surface area contributed by atoms with E-state index in [0.29, 0.717) is 17.4 Å². The van der Waals surface area contributed by atoms with E-state index in [1.54, 1.807) is 4.68 Å². The van der Waals surface area contributed by atoms with Crippen LogP contribution in [0.2, 0.25) is 0 Å². The molecule has 16 heavy (non-hydrogen) atoms. The van der Waals surface area contributed by atoms with Crippen molar-refractivity contribution in [3.63, 3.8) is 0 Å². The van der Waals surface area contributed by atoms with Crippen molar-refractivity contribution in [2.45, 2.75) is 19.9 Å². The maximum absolute atomic E-state index is 5.91. The molecule has 0 spiro atoms. The molecule has 0 aliphatic heterocycles. The van der Waals surface area contributed by atoms with Crippen molar-refractivity contribution in [2.75, 3.05) is 0 Å². The van der Waals surface area contributed by atoms with Gasteiger partial charge < -0.3 is 10.3 Å². The topological polar surface area (TPSA) is 82.8 Å². The van der Waals surface area contributed by atoms with Crippen molar-refractivity contribution in [1.82, 2.24) is 19.9 Å². The van der Waals surface area contributed by atoms with Gasteiger partial charge in [-0.3, -0.25) is 4.68 Å². The summed E-state index contributed by atoms with van der Waals surface area (Å²) in [6.45, 7) is 4.02. The quantitative estimate of drug-likeness (QED) is 0.839. The minimum absolute atomic E-state index is 0.232. The van der Waals surface area contributed by atoms with Gasteiger partial charge in [0.25, 0.3) is 0 Å². The highest BCUT2D eigenvalue weighted by molar-refractivity contribution is 5.46. The summed E-state index contributed by atoms with van der Waals surface area (Å²) in [5, 5.41) is 8.05. The number of nitrogens with two attached hydrogens (primary N) is 1. The molecule has 0 aromatic carbocycles. The van der Waals surface area contributed by atoms with E-state index in [0.717, 1.165) is 0 Å². The summed E-state index contributed by atoms with van der Waals surface area (Å²) in [5.74, 6) is 1.19. The van der Waals surface area contributed by atoms with E-state index in [2.05, 4.69) is 15.2 Å². The van der Waals surface area contributed by atoms with Crippen LogP contribution in [-0.2, 0) is 7.05 Å². The van der Waals surface area contributed by atoms with Gasteiger partial charge in [0.1, 0.15) is 5.69 Å². The Morgan fingerprint density at radius 1 is 1.44 bits per heavy atom. The second kappa shape index (κ2) is 4.05. The lowest BCUT2D eigenvalue weighted by molar-refractivity contribution is 0.325. The highest BCUT2D eigenvalue weighted by Gasteiger charge is 2.19. The first-order chi connectivity index (χ1) is 7.58. The molecule has 6 heteroatoms. The van der Waals surface area contributed by atoms with Crippen molar-refractivity contribution in [3.8, 4) is 11.5 Å². The normalized spacial score (nSPS) is 13.3. The monoisotopic (exact) mass is 221 g/mol. The van der Waals surface area contributed by atoms with E-state index in [1.165, 1.54) is 0 Å². The van der Waals surface area contributed by atoms with Gasteiger partial charge in [0.2, 0.25) is 11.7 Å². The van der Waals surface area contributed by atoms with Crippen LogP contribution in [0.5, 0.6) is 0 Å². The molecule has 0 bridgehead atoms. The maximum Gasteiger partial charge on any atom is 0.244 e. The Hall–Kier alpha value is -1.69. The average molecular weight is 221 g/mol. The van der Waals surface area contributed by atoms with E-state index in [9.17, 15) is 0 Å². The molecule has 0 fully saturated rings. The molecule has 2 N–H and O–H groups in total. The lowest BCUT2D eigenvalue weighted by Crippen LogP contribution is -2.16. The predicted molar refractivity (Wildman–Crippen MR) is 58.3 cm³/mol. The lowest BCUT2D eigenvalue weighted by Gasteiger charge is -2.08. The summed E-state index contributed by atoms with van der Waals surface area (Å²) >= 11 is 0. The van der Waals surface area contributed by atoms with Gasteiger partial charge in [-0.1, -0.05) is 19.0 Å². The molecule has 2 heterocycles. The minimum atomic E-state index is -0.232. The zero-order chi connectivity index (χ0) is 11.7. The van der Waals surface area contributed by atoms with Gasteiger partial charge in [0.05, 0.1) is 6.04 Å². The predicted octanol–water partition coefficient (Wildman–Crippen LogP) is 1.13. The molecule has 6 nitrogen and oxygen atoms in total. The smallest absolute Gasteiger partial charge is 0.244 e. The Bertz CT molecular complexity index is 473. The van der Waals surface area contributed by atoms with Gasteiger partial charge in [-0.15, -0.1) is 0 Å². The molecule has 0 saturated carbocycles. The van der Waals surface area contributed by atoms with E-state index in [-0.39, 0.29) is 12.0 Å². The fourth-order valence-electron chi connectivity index (χ4n) is 1.29. The first kappa shape index (κ1) is 10.8. The zero-order valence-electron chi connectivity index (χ0n) is 9.58. The van der Waals surface area contributed by atoms with Crippen LogP contribution in [0.1, 0.15) is 25.8 Å². The minimum Gasteiger partial charge on any atom is -0.337 e. The molecule has 0 aliphatic carbocycles. The van der Waals surface area contributed by atoms with Crippen molar-refractivity contribution in [1.29, 1.82) is 0 Å². The van der Waals surface area contributed by atoms with Gasteiger partial charge >= 0.3 is 0 Å². The summed E-state index contributed by atoms with van der Waals surface area (Å²) in [5.41, 5.74) is 6.60. The summed E-state index contributed by atoms with van der Waals surface area (Å²) < 4.78 is 6.80. The van der Waals surface area contributed by atoms with Gasteiger partial charge in [0.15, 0.2) is 0 Å². The third-order valence-corrected chi connectivity index (χ3v) is 2.39. The molecule has 2 rings (SSSR count). The fraction of sp³-hybridized carbons (Fsp3) is 0.500. The maximum atomic E-state index is 5.91. The van der Waals surface area contributed by atoms with Crippen LogP contribution >= 0.6 is 0 Å². The highest BCUT2D eigenvalue weighted by atomic mass is 16.5. The molecule has 86 valence electrons. The Kier molecular flexibility index (Phi) is 2.74. The molecule has 1 atom stereocenters. The van der Waals surface area contributed by atoms with Crippen LogP contribution in [0.3, 0.4) is 0 Å². The number of hydrogen-bond acceptors (Lipinski definition) is 5. The first-order valence-electron chi connectivity index (χ1n) is 5.17. The van der Waals surface area contributed by atoms with Crippen LogP contribution in [0.25, 0.3) is 11.5 Å². The SMILES string of the molecule is CC(C)C(N)c1nc(-c2ccn(C)n2)no1. The standard InChI is InChI=1S/C10H15N5O/c1-6(2)8(11)10-12-9(14-16-10)7-4-5-15(3)13-7/h4-6,8H,11H2,1-3H3. The lowest BCUT2D eigenvalue weighted by atomic mass is 10.1. The van der Waals surface area contributed by atoms with Gasteiger partial charge in [-0.05, 0) is 12.0 Å². The second-order valence-electron chi connectivity index (χ2n) is 4.10. The van der Waals surface area contributed by atoms with Gasteiger partial charge in [0, 0.05) is 13.2 Å². The largest absolute Gasteiger partial charge is 0.337 e. The first-order valence-corrected chi connectivity index (χ1v) is 5.17. The third-order valence-electron chi connectivity index (χ3n) is 2.39. The van der Waals surface area contributed by atoms with E-state index < -0.39 is 0 Å². The molecular weight excluding hydrogens is 206 g/mol. The Morgan fingerprint density at radius 2 is 2.19 bits per heavy atom. The molecule has 1 unspecified atom stereocenters. The Labute approximate surface area is 93.4 Å². The number of rotatable bonds is 3. The van der Waals surface area contributed by atoms with Crippen LogP contribution < -0.4 is 5.73 Å². The Morgan fingerprint density at radius 3 is 2.75 bits per heavy atom. The van der Waals surface area contributed by atoms with E-state index in [4.69, 9.17) is 10.3 Å². The van der Waals surface area contributed by atoms with Crippen LogP contribution in [0.4, 0.5) is 0 Å². The van der Waals surface area contributed by atoms with E-state index >= 15 is 0 Å². The summed E-state index contributed by atoms with van der Waals surface area (Å²) in [6, 6.07) is 1.60. The second-order valence-corrected chi connectivity index (χ2v) is 4.10. The van der Waals surface area contributed by atoms with Gasteiger partial charge in [-0.25, -0.2) is 0 Å². The van der Waals surface area contributed by atoms with E-state index in [1.807, 2.05) is 33.2 Å². The molecule has 2 aromatic rings. The number of aromatic nitrogens is 4. The van der Waals surface area contributed by atoms with Crippen molar-refractivity contribution in [2.24, 2.45) is 18.7 Å². The fourth-order valence-corrected chi connectivity index (χ4v) is 1.29. The summed E-state index contributed by atoms with van der Waals surface area (Å²) in [6.07, 6.45) is 1.83.